The Hall–Kier alpha value is -1.69. The smallest absolute Gasteiger partial charge is 0.330 e. The summed E-state index contributed by atoms with van der Waals surface area (Å²) in [5, 5.41) is 11.5. The van der Waals surface area contributed by atoms with Gasteiger partial charge in [0.05, 0.1) is 13.7 Å². The highest BCUT2D eigenvalue weighted by molar-refractivity contribution is 5.78. The number of aliphatic hydroxyl groups is 1. The maximum absolute atomic E-state index is 11.0. The first-order valence-corrected chi connectivity index (χ1v) is 4.00. The zero-order valence-corrected chi connectivity index (χ0v) is 7.67. The van der Waals surface area contributed by atoms with Crippen molar-refractivity contribution in [1.82, 2.24) is 9.97 Å². The number of nitrogens with one attached hydrogen (secondary N) is 1. The van der Waals surface area contributed by atoms with Crippen molar-refractivity contribution in [1.29, 1.82) is 0 Å². The molecule has 14 heavy (non-hydrogen) atoms. The van der Waals surface area contributed by atoms with Crippen molar-refractivity contribution in [2.24, 2.45) is 0 Å². The number of rotatable bonds is 4. The van der Waals surface area contributed by atoms with E-state index in [0.717, 1.165) is 0 Å². The molecule has 6 heteroatoms. The van der Waals surface area contributed by atoms with Crippen LogP contribution in [0.25, 0.3) is 0 Å². The van der Waals surface area contributed by atoms with Crippen LogP contribution < -0.4 is 5.32 Å². The number of ether oxygens (including phenoxy) is 1. The van der Waals surface area contributed by atoms with Crippen LogP contribution in [0.3, 0.4) is 0 Å². The predicted molar refractivity (Wildman–Crippen MR) is 48.5 cm³/mol. The van der Waals surface area contributed by atoms with Gasteiger partial charge in [-0.25, -0.2) is 14.8 Å². The monoisotopic (exact) mass is 197 g/mol. The summed E-state index contributed by atoms with van der Waals surface area (Å²) in [6.45, 7) is -0.370. The molecule has 0 aliphatic heterocycles. The first-order valence-electron chi connectivity index (χ1n) is 4.00. The van der Waals surface area contributed by atoms with Gasteiger partial charge in [0.2, 0.25) is 5.95 Å². The molecule has 0 aliphatic carbocycles. The van der Waals surface area contributed by atoms with Crippen LogP contribution in [0.2, 0.25) is 0 Å². The number of methoxy groups -OCH3 is 1. The van der Waals surface area contributed by atoms with E-state index in [1.165, 1.54) is 19.5 Å². The Morgan fingerprint density at radius 2 is 2.29 bits per heavy atom. The molecular formula is C8H11N3O3. The maximum Gasteiger partial charge on any atom is 0.330 e. The van der Waals surface area contributed by atoms with Crippen LogP contribution in [-0.4, -0.2) is 40.8 Å². The van der Waals surface area contributed by atoms with Gasteiger partial charge in [-0.05, 0) is 6.07 Å². The number of anilines is 1. The van der Waals surface area contributed by atoms with Crippen molar-refractivity contribution in [2.45, 2.75) is 6.04 Å². The van der Waals surface area contributed by atoms with Crippen molar-refractivity contribution < 1.29 is 14.6 Å². The molecule has 0 saturated carbocycles. The van der Waals surface area contributed by atoms with Crippen molar-refractivity contribution >= 4 is 11.9 Å². The Morgan fingerprint density at radius 3 is 2.79 bits per heavy atom. The van der Waals surface area contributed by atoms with Crippen LogP contribution >= 0.6 is 0 Å². The van der Waals surface area contributed by atoms with Crippen molar-refractivity contribution in [3.05, 3.63) is 18.5 Å². The van der Waals surface area contributed by atoms with Gasteiger partial charge >= 0.3 is 5.97 Å². The van der Waals surface area contributed by atoms with E-state index in [0.29, 0.717) is 0 Å². The van der Waals surface area contributed by atoms with E-state index in [1.807, 2.05) is 0 Å². The van der Waals surface area contributed by atoms with Gasteiger partial charge in [0.15, 0.2) is 6.04 Å². The molecule has 1 atom stereocenters. The summed E-state index contributed by atoms with van der Waals surface area (Å²) >= 11 is 0. The third-order valence-electron chi connectivity index (χ3n) is 1.54. The second kappa shape index (κ2) is 5.13. The molecule has 6 nitrogen and oxygen atoms in total. The topological polar surface area (TPSA) is 84.3 Å². The zero-order valence-electron chi connectivity index (χ0n) is 7.67. The number of esters is 1. The summed E-state index contributed by atoms with van der Waals surface area (Å²) in [7, 11) is 1.25. The fourth-order valence-electron chi connectivity index (χ4n) is 0.851. The van der Waals surface area contributed by atoms with Gasteiger partial charge in [-0.15, -0.1) is 0 Å². The van der Waals surface area contributed by atoms with Crippen LogP contribution in [0.1, 0.15) is 0 Å². The third-order valence-corrected chi connectivity index (χ3v) is 1.54. The quantitative estimate of drug-likeness (QED) is 0.628. The minimum absolute atomic E-state index is 0.275. The van der Waals surface area contributed by atoms with Crippen LogP contribution in [0, 0.1) is 0 Å². The van der Waals surface area contributed by atoms with Crippen molar-refractivity contribution in [2.75, 3.05) is 19.0 Å². The van der Waals surface area contributed by atoms with Gasteiger partial charge in [0.1, 0.15) is 0 Å². The van der Waals surface area contributed by atoms with Crippen LogP contribution in [0.4, 0.5) is 5.95 Å². The van der Waals surface area contributed by atoms with Gasteiger partial charge < -0.3 is 15.2 Å². The largest absolute Gasteiger partial charge is 0.467 e. The van der Waals surface area contributed by atoms with Gasteiger partial charge in [0, 0.05) is 12.4 Å². The molecule has 0 saturated heterocycles. The fourth-order valence-corrected chi connectivity index (χ4v) is 0.851. The molecule has 0 bridgehead atoms. The lowest BCUT2D eigenvalue weighted by atomic mass is 10.3. The Balaban J connectivity index is 2.62. The number of aliphatic hydroxyl groups excluding tert-OH is 1. The van der Waals surface area contributed by atoms with Gasteiger partial charge in [-0.3, -0.25) is 0 Å². The number of carbonyl (C=O) groups excluding carboxylic acids is 1. The number of hydrogen-bond donors (Lipinski definition) is 2. The molecule has 1 heterocycles. The minimum atomic E-state index is -0.831. The average Bonchev–Trinajstić information content (AvgIpc) is 2.26. The lowest BCUT2D eigenvalue weighted by Crippen LogP contribution is -2.34. The highest BCUT2D eigenvalue weighted by Crippen LogP contribution is 1.99. The van der Waals surface area contributed by atoms with Crippen LogP contribution in [-0.2, 0) is 9.53 Å². The Morgan fingerprint density at radius 1 is 1.64 bits per heavy atom. The summed E-state index contributed by atoms with van der Waals surface area (Å²) in [5.41, 5.74) is 0. The van der Waals surface area contributed by atoms with Gasteiger partial charge in [-0.2, -0.15) is 0 Å². The molecule has 1 aromatic rings. The molecule has 76 valence electrons. The zero-order chi connectivity index (χ0) is 10.4. The second-order valence-electron chi connectivity index (χ2n) is 2.48. The molecule has 0 spiro atoms. The number of aromatic nitrogens is 2. The lowest BCUT2D eigenvalue weighted by Gasteiger charge is -2.12. The van der Waals surface area contributed by atoms with E-state index in [2.05, 4.69) is 20.0 Å². The molecule has 2 N–H and O–H groups in total. The molecule has 1 aromatic heterocycles. The normalized spacial score (nSPS) is 11.9. The highest BCUT2D eigenvalue weighted by Gasteiger charge is 2.18. The van der Waals surface area contributed by atoms with E-state index in [1.54, 1.807) is 6.07 Å². The number of hydrogen-bond acceptors (Lipinski definition) is 6. The molecule has 0 fully saturated rings. The van der Waals surface area contributed by atoms with Gasteiger partial charge in [-0.1, -0.05) is 0 Å². The molecule has 0 amide bonds. The Labute approximate surface area is 80.9 Å². The first-order chi connectivity index (χ1) is 6.77. The number of carbonyl (C=O) groups is 1. The molecule has 0 aliphatic rings. The molecule has 1 rings (SSSR count). The first kappa shape index (κ1) is 10.4. The molecule has 0 aromatic carbocycles. The van der Waals surface area contributed by atoms with E-state index in [9.17, 15) is 4.79 Å². The Kier molecular flexibility index (Phi) is 3.81. The fraction of sp³-hybridized carbons (Fsp3) is 0.375. The Bertz CT molecular complexity index is 291. The number of nitrogens with zero attached hydrogens (tertiary/aromatic N) is 2. The second-order valence-corrected chi connectivity index (χ2v) is 2.48. The molecular weight excluding hydrogens is 186 g/mol. The highest BCUT2D eigenvalue weighted by atomic mass is 16.5. The molecule has 0 radical (unpaired) electrons. The van der Waals surface area contributed by atoms with E-state index in [-0.39, 0.29) is 12.6 Å². The lowest BCUT2D eigenvalue weighted by molar-refractivity contribution is -0.142. The summed E-state index contributed by atoms with van der Waals surface area (Å²) in [6.07, 6.45) is 3.06. The van der Waals surface area contributed by atoms with E-state index >= 15 is 0 Å². The van der Waals surface area contributed by atoms with Crippen LogP contribution in [0.15, 0.2) is 18.5 Å². The standard InChI is InChI=1S/C8H11N3O3/c1-14-7(13)6(5-12)11-8-9-3-2-4-10-8/h2-4,6,12H,5H2,1H3,(H,9,10,11). The third kappa shape index (κ3) is 2.67. The minimum Gasteiger partial charge on any atom is -0.467 e. The van der Waals surface area contributed by atoms with E-state index in [4.69, 9.17) is 5.11 Å². The maximum atomic E-state index is 11.0. The predicted octanol–water partition coefficient (Wildman–Crippen LogP) is -0.578. The van der Waals surface area contributed by atoms with Crippen LogP contribution in [0.5, 0.6) is 0 Å². The summed E-state index contributed by atoms with van der Waals surface area (Å²) in [4.78, 5) is 18.7. The molecule has 1 unspecified atom stereocenters. The summed E-state index contributed by atoms with van der Waals surface area (Å²) < 4.78 is 4.46. The van der Waals surface area contributed by atoms with Crippen molar-refractivity contribution in [3.63, 3.8) is 0 Å². The average molecular weight is 197 g/mol. The van der Waals surface area contributed by atoms with Gasteiger partial charge in [0.25, 0.3) is 0 Å². The summed E-state index contributed by atoms with van der Waals surface area (Å²) in [6, 6.07) is 0.819. The SMILES string of the molecule is COC(=O)C(CO)Nc1ncccn1. The summed E-state index contributed by atoms with van der Waals surface area (Å²) in [5.74, 6) is -0.281. The van der Waals surface area contributed by atoms with E-state index < -0.39 is 12.0 Å². The van der Waals surface area contributed by atoms with Crippen molar-refractivity contribution in [3.8, 4) is 0 Å².